The van der Waals surface area contributed by atoms with Crippen molar-refractivity contribution in [2.45, 2.75) is 32.0 Å². The Bertz CT molecular complexity index is 590. The summed E-state index contributed by atoms with van der Waals surface area (Å²) in [5.74, 6) is 0.224. The van der Waals surface area contributed by atoms with Crippen LogP contribution in [-0.2, 0) is 13.2 Å². The largest absolute Gasteiger partial charge is 0.489 e. The molecule has 21 heavy (non-hydrogen) atoms. The maximum absolute atomic E-state index is 13.2. The Hall–Kier alpha value is -1.39. The van der Waals surface area contributed by atoms with E-state index < -0.39 is 0 Å². The number of benzene rings is 2. The van der Waals surface area contributed by atoms with Crippen LogP contribution in [0.4, 0.5) is 4.39 Å². The van der Waals surface area contributed by atoms with Gasteiger partial charge in [0.15, 0.2) is 0 Å². The van der Waals surface area contributed by atoms with Crippen molar-refractivity contribution in [2.75, 3.05) is 0 Å². The van der Waals surface area contributed by atoms with Crippen LogP contribution in [0.5, 0.6) is 5.75 Å². The summed E-state index contributed by atoms with van der Waals surface area (Å²) in [4.78, 5) is 0. The summed E-state index contributed by atoms with van der Waals surface area (Å²) in [6, 6.07) is 13.6. The van der Waals surface area contributed by atoms with Gasteiger partial charge in [0.2, 0.25) is 0 Å². The van der Waals surface area contributed by atoms with Gasteiger partial charge in [-0.15, -0.1) is 0 Å². The third kappa shape index (κ3) is 4.55. The minimum atomic E-state index is -0.305. The maximum atomic E-state index is 13.2. The van der Waals surface area contributed by atoms with E-state index >= 15 is 0 Å². The van der Waals surface area contributed by atoms with Crippen LogP contribution in [0.25, 0.3) is 0 Å². The first-order valence-electron chi connectivity index (χ1n) is 7.09. The van der Waals surface area contributed by atoms with Crippen molar-refractivity contribution in [3.63, 3.8) is 0 Å². The van der Waals surface area contributed by atoms with E-state index in [1.807, 2.05) is 0 Å². The average Bonchev–Trinajstić information content (AvgIpc) is 3.27. The average molecular weight is 350 g/mol. The molecule has 1 saturated carbocycles. The van der Waals surface area contributed by atoms with E-state index in [4.69, 9.17) is 4.74 Å². The van der Waals surface area contributed by atoms with Gasteiger partial charge in [0.25, 0.3) is 0 Å². The predicted molar refractivity (Wildman–Crippen MR) is 84.7 cm³/mol. The molecule has 0 atom stereocenters. The number of hydrogen-bond acceptors (Lipinski definition) is 2. The van der Waals surface area contributed by atoms with Crippen LogP contribution in [-0.4, -0.2) is 6.04 Å². The number of ether oxygens (including phenoxy) is 1. The normalized spacial score (nSPS) is 14.2. The minimum Gasteiger partial charge on any atom is -0.489 e. The molecule has 3 rings (SSSR count). The zero-order chi connectivity index (χ0) is 14.7. The molecule has 1 N–H and O–H groups in total. The molecule has 0 amide bonds. The first kappa shape index (κ1) is 14.5. The molecule has 4 heteroatoms. The molecular formula is C17H17BrFNO. The molecule has 2 aromatic rings. The lowest BCUT2D eigenvalue weighted by atomic mass is 10.1. The summed E-state index contributed by atoms with van der Waals surface area (Å²) in [5, 5.41) is 3.48. The molecule has 0 heterocycles. The van der Waals surface area contributed by atoms with Crippen LogP contribution in [0.1, 0.15) is 24.0 Å². The summed E-state index contributed by atoms with van der Waals surface area (Å²) < 4.78 is 19.5. The Kier molecular flexibility index (Phi) is 4.56. The Morgan fingerprint density at radius 1 is 1.10 bits per heavy atom. The van der Waals surface area contributed by atoms with Crippen LogP contribution in [0.15, 0.2) is 46.9 Å². The van der Waals surface area contributed by atoms with Gasteiger partial charge < -0.3 is 10.1 Å². The summed E-state index contributed by atoms with van der Waals surface area (Å²) in [6.45, 7) is 1.36. The van der Waals surface area contributed by atoms with Gasteiger partial charge in [0.05, 0.1) is 0 Å². The summed E-state index contributed by atoms with van der Waals surface area (Å²) >= 11 is 3.26. The van der Waals surface area contributed by atoms with Crippen LogP contribution in [0.3, 0.4) is 0 Å². The second-order valence-electron chi connectivity index (χ2n) is 5.37. The van der Waals surface area contributed by atoms with Crippen LogP contribution in [0, 0.1) is 5.82 Å². The highest BCUT2D eigenvalue weighted by Gasteiger charge is 2.19. The van der Waals surface area contributed by atoms with Crippen molar-refractivity contribution < 1.29 is 9.13 Å². The number of hydrogen-bond donors (Lipinski definition) is 1. The van der Waals surface area contributed by atoms with Crippen molar-refractivity contribution in [2.24, 2.45) is 0 Å². The number of halogens is 2. The van der Waals surface area contributed by atoms with Gasteiger partial charge in [0.1, 0.15) is 18.2 Å². The van der Waals surface area contributed by atoms with E-state index in [-0.39, 0.29) is 5.82 Å². The highest BCUT2D eigenvalue weighted by molar-refractivity contribution is 9.10. The first-order valence-corrected chi connectivity index (χ1v) is 7.88. The lowest BCUT2D eigenvalue weighted by Gasteiger charge is -2.08. The van der Waals surface area contributed by atoms with E-state index in [1.54, 1.807) is 6.07 Å². The van der Waals surface area contributed by atoms with Crippen molar-refractivity contribution in [1.82, 2.24) is 5.32 Å². The lowest BCUT2D eigenvalue weighted by molar-refractivity contribution is 0.304. The molecule has 0 spiro atoms. The summed E-state index contributed by atoms with van der Waals surface area (Å²) in [6.07, 6.45) is 2.60. The van der Waals surface area contributed by atoms with E-state index in [1.165, 1.54) is 30.5 Å². The Morgan fingerprint density at radius 2 is 1.81 bits per heavy atom. The Labute approximate surface area is 132 Å². The van der Waals surface area contributed by atoms with Gasteiger partial charge >= 0.3 is 0 Å². The minimum absolute atomic E-state index is 0.305. The molecule has 0 bridgehead atoms. The molecule has 0 aromatic heterocycles. The molecule has 0 radical (unpaired) electrons. The molecular weight excluding hydrogens is 333 g/mol. The van der Waals surface area contributed by atoms with Gasteiger partial charge in [-0.3, -0.25) is 0 Å². The van der Waals surface area contributed by atoms with Crippen LogP contribution < -0.4 is 10.1 Å². The van der Waals surface area contributed by atoms with Gasteiger partial charge in [0, 0.05) is 23.1 Å². The Balaban J connectivity index is 1.54. The van der Waals surface area contributed by atoms with E-state index in [0.29, 0.717) is 16.8 Å². The van der Waals surface area contributed by atoms with Crippen molar-refractivity contribution in [3.8, 4) is 5.75 Å². The molecule has 110 valence electrons. The summed E-state index contributed by atoms with van der Waals surface area (Å²) in [7, 11) is 0. The molecule has 0 aliphatic heterocycles. The van der Waals surface area contributed by atoms with Crippen molar-refractivity contribution >= 4 is 15.9 Å². The van der Waals surface area contributed by atoms with Crippen molar-refractivity contribution in [1.29, 1.82) is 0 Å². The third-order valence-electron chi connectivity index (χ3n) is 3.44. The van der Waals surface area contributed by atoms with E-state index in [2.05, 4.69) is 45.5 Å². The summed E-state index contributed by atoms with van der Waals surface area (Å²) in [5.41, 5.74) is 2.35. The van der Waals surface area contributed by atoms with Gasteiger partial charge in [-0.2, -0.15) is 0 Å². The fraction of sp³-hybridized carbons (Fsp3) is 0.294. The smallest absolute Gasteiger partial charge is 0.128 e. The molecule has 1 aliphatic rings. The zero-order valence-electron chi connectivity index (χ0n) is 11.6. The zero-order valence-corrected chi connectivity index (χ0v) is 13.2. The predicted octanol–water partition coefficient (Wildman–Crippen LogP) is 4.42. The molecule has 2 aromatic carbocycles. The van der Waals surface area contributed by atoms with Gasteiger partial charge in [-0.05, 0) is 36.1 Å². The molecule has 1 aliphatic carbocycles. The van der Waals surface area contributed by atoms with Crippen molar-refractivity contribution in [3.05, 3.63) is 63.9 Å². The second-order valence-corrected chi connectivity index (χ2v) is 6.28. The fourth-order valence-corrected chi connectivity index (χ4v) is 2.53. The van der Waals surface area contributed by atoms with Gasteiger partial charge in [-0.25, -0.2) is 4.39 Å². The van der Waals surface area contributed by atoms with E-state index in [0.717, 1.165) is 18.2 Å². The van der Waals surface area contributed by atoms with Gasteiger partial charge in [-0.1, -0.05) is 40.2 Å². The SMILES string of the molecule is Fc1cc(Br)cc(OCc2ccc(CNC3CC3)cc2)c1. The third-order valence-corrected chi connectivity index (χ3v) is 3.89. The topological polar surface area (TPSA) is 21.3 Å². The molecule has 2 nitrogen and oxygen atoms in total. The maximum Gasteiger partial charge on any atom is 0.128 e. The Morgan fingerprint density at radius 3 is 2.48 bits per heavy atom. The molecule has 0 unspecified atom stereocenters. The van der Waals surface area contributed by atoms with Crippen LogP contribution >= 0.6 is 15.9 Å². The second kappa shape index (κ2) is 6.58. The fourth-order valence-electron chi connectivity index (χ4n) is 2.08. The van der Waals surface area contributed by atoms with Crippen LogP contribution in [0.2, 0.25) is 0 Å². The number of nitrogens with one attached hydrogen (secondary N) is 1. The number of rotatable bonds is 6. The quantitative estimate of drug-likeness (QED) is 0.833. The highest BCUT2D eigenvalue weighted by Crippen LogP contribution is 2.22. The highest BCUT2D eigenvalue weighted by atomic mass is 79.9. The lowest BCUT2D eigenvalue weighted by Crippen LogP contribution is -2.15. The van der Waals surface area contributed by atoms with E-state index in [9.17, 15) is 4.39 Å². The first-order chi connectivity index (χ1) is 10.2. The monoisotopic (exact) mass is 349 g/mol. The molecule has 1 fully saturated rings. The standard InChI is InChI=1S/C17H17BrFNO/c18-14-7-15(19)9-17(8-14)21-11-13-3-1-12(2-4-13)10-20-16-5-6-16/h1-4,7-9,16,20H,5-6,10-11H2. The molecule has 0 saturated heterocycles.